The van der Waals surface area contributed by atoms with Gasteiger partial charge >= 0.3 is 11.8 Å². The van der Waals surface area contributed by atoms with Crippen LogP contribution in [0.25, 0.3) is 11.3 Å². The van der Waals surface area contributed by atoms with Crippen LogP contribution in [0.5, 0.6) is 5.75 Å². The molecule has 4 rings (SSSR count). The largest absolute Gasteiger partial charge is 0.497 e. The summed E-state index contributed by atoms with van der Waals surface area (Å²) in [4.78, 5) is 26.0. The fourth-order valence-corrected chi connectivity index (χ4v) is 4.13. The molecule has 0 aliphatic carbocycles. The van der Waals surface area contributed by atoms with Gasteiger partial charge in [0, 0.05) is 24.3 Å². The molecule has 1 amide bonds. The number of nitrogens with one attached hydrogen (secondary N) is 1. The number of halogens is 1. The lowest BCUT2D eigenvalue weighted by Crippen LogP contribution is -2.36. The second-order valence-corrected chi connectivity index (χ2v) is 9.72. The average Bonchev–Trinajstić information content (AvgIpc) is 3.28. The van der Waals surface area contributed by atoms with Gasteiger partial charge in [-0.1, -0.05) is 12.1 Å². The van der Waals surface area contributed by atoms with Crippen LogP contribution in [0.15, 0.2) is 42.6 Å². The van der Waals surface area contributed by atoms with E-state index in [1.54, 1.807) is 58.2 Å². The van der Waals surface area contributed by atoms with Gasteiger partial charge in [-0.25, -0.2) is 9.18 Å². The van der Waals surface area contributed by atoms with Crippen LogP contribution >= 0.6 is 0 Å². The number of rotatable bonds is 7. The number of morpholine rings is 1. The van der Waals surface area contributed by atoms with Crippen molar-refractivity contribution >= 4 is 23.2 Å². The number of anilines is 2. The maximum absolute atomic E-state index is 15.7. The molecule has 11 nitrogen and oxygen atoms in total. The summed E-state index contributed by atoms with van der Waals surface area (Å²) in [6.07, 6.45) is 0.232. The molecule has 1 saturated heterocycles. The first-order valence-corrected chi connectivity index (χ1v) is 12.1. The highest BCUT2D eigenvalue weighted by Crippen LogP contribution is 2.40. The number of hydrogen-bond acceptors (Lipinski definition) is 8. The van der Waals surface area contributed by atoms with Gasteiger partial charge in [0.25, 0.3) is 0 Å². The Balaban J connectivity index is 1.85. The normalized spacial score (nSPS) is 13.8. The topological polar surface area (TPSA) is 121 Å². The Bertz CT molecular complexity index is 1310. The van der Waals surface area contributed by atoms with Crippen LogP contribution in [0.3, 0.4) is 0 Å². The highest BCUT2D eigenvalue weighted by molar-refractivity contribution is 5.94. The van der Waals surface area contributed by atoms with Crippen molar-refractivity contribution in [2.24, 2.45) is 0 Å². The molecule has 1 fully saturated rings. The number of carbonyl (C=O) groups excluding carboxylic acids is 1. The van der Waals surface area contributed by atoms with Crippen LogP contribution in [-0.4, -0.2) is 59.8 Å². The van der Waals surface area contributed by atoms with Crippen LogP contribution in [-0.2, 0) is 16.0 Å². The van der Waals surface area contributed by atoms with E-state index in [4.69, 9.17) is 14.2 Å². The Morgan fingerprint density at radius 3 is 2.50 bits per heavy atom. The third-order valence-electron chi connectivity index (χ3n) is 5.84. The summed E-state index contributed by atoms with van der Waals surface area (Å²) in [5.74, 6) is -0.106. The lowest BCUT2D eigenvalue weighted by molar-refractivity contribution is -0.384. The summed E-state index contributed by atoms with van der Waals surface area (Å²) < 4.78 is 33.0. The number of hydrogen-bond donors (Lipinski definition) is 1. The number of nitro groups is 1. The van der Waals surface area contributed by atoms with Gasteiger partial charge in [-0.2, -0.15) is 5.10 Å². The minimum atomic E-state index is -0.888. The maximum atomic E-state index is 15.7. The monoisotopic (exact) mass is 527 g/mol. The van der Waals surface area contributed by atoms with Crippen molar-refractivity contribution in [1.29, 1.82) is 0 Å². The second-order valence-electron chi connectivity index (χ2n) is 9.72. The maximum Gasteiger partial charge on any atom is 0.412 e. The molecule has 0 saturated carbocycles. The van der Waals surface area contributed by atoms with Gasteiger partial charge in [0.15, 0.2) is 0 Å². The average molecular weight is 528 g/mol. The first-order valence-electron chi connectivity index (χ1n) is 12.1. The smallest absolute Gasteiger partial charge is 0.412 e. The summed E-state index contributed by atoms with van der Waals surface area (Å²) in [5.41, 5.74) is 0.0379. The molecule has 1 aliphatic heterocycles. The Hall–Kier alpha value is -4.19. The Morgan fingerprint density at radius 2 is 1.89 bits per heavy atom. The number of nitrogens with zero attached hydrogens (tertiary/aromatic N) is 4. The molecule has 3 aromatic rings. The molecule has 0 spiro atoms. The van der Waals surface area contributed by atoms with Crippen molar-refractivity contribution in [1.82, 2.24) is 9.78 Å². The van der Waals surface area contributed by atoms with E-state index in [9.17, 15) is 14.9 Å². The summed E-state index contributed by atoms with van der Waals surface area (Å²) in [6.45, 7) is 7.16. The predicted octanol–water partition coefficient (Wildman–Crippen LogP) is 4.84. The fraction of sp³-hybridized carbons (Fsp3) is 0.385. The zero-order chi connectivity index (χ0) is 27.4. The Kier molecular flexibility index (Phi) is 7.81. The van der Waals surface area contributed by atoms with Crippen molar-refractivity contribution in [2.45, 2.75) is 32.9 Å². The van der Waals surface area contributed by atoms with E-state index in [1.807, 2.05) is 4.90 Å². The third kappa shape index (κ3) is 6.20. The number of benzene rings is 2. The molecule has 0 unspecified atom stereocenters. The molecule has 2 heterocycles. The molecule has 1 N–H and O–H groups in total. The van der Waals surface area contributed by atoms with Crippen LogP contribution in [0, 0.1) is 15.9 Å². The summed E-state index contributed by atoms with van der Waals surface area (Å²) in [6, 6.07) is 10.1. The molecule has 202 valence electrons. The van der Waals surface area contributed by atoms with Crippen LogP contribution in [0.2, 0.25) is 0 Å². The van der Waals surface area contributed by atoms with Crippen molar-refractivity contribution in [2.75, 3.05) is 43.6 Å². The van der Waals surface area contributed by atoms with E-state index >= 15 is 4.39 Å². The molecule has 1 aromatic heterocycles. The van der Waals surface area contributed by atoms with E-state index in [0.717, 1.165) is 11.8 Å². The quantitative estimate of drug-likeness (QED) is 0.342. The van der Waals surface area contributed by atoms with E-state index in [-0.39, 0.29) is 29.2 Å². The van der Waals surface area contributed by atoms with Gasteiger partial charge in [-0.05, 0) is 50.6 Å². The highest BCUT2D eigenvalue weighted by atomic mass is 19.1. The van der Waals surface area contributed by atoms with Crippen molar-refractivity contribution in [3.63, 3.8) is 0 Å². The molecule has 1 aliphatic rings. The zero-order valence-corrected chi connectivity index (χ0v) is 21.7. The van der Waals surface area contributed by atoms with E-state index in [0.29, 0.717) is 37.7 Å². The lowest BCUT2D eigenvalue weighted by Gasteiger charge is -2.30. The molecular formula is C26H30FN5O6. The first kappa shape index (κ1) is 26.9. The molecule has 0 bridgehead atoms. The number of aromatic nitrogens is 2. The molecule has 0 radical (unpaired) electrons. The molecular weight excluding hydrogens is 497 g/mol. The van der Waals surface area contributed by atoms with Crippen LogP contribution < -0.4 is 15.0 Å². The molecule has 0 atom stereocenters. The lowest BCUT2D eigenvalue weighted by atomic mass is 10.0. The van der Waals surface area contributed by atoms with Crippen LogP contribution in [0.4, 0.5) is 26.2 Å². The number of carbonyl (C=O) groups is 1. The van der Waals surface area contributed by atoms with Gasteiger partial charge in [0.1, 0.15) is 29.1 Å². The minimum absolute atomic E-state index is 0.0471. The number of ether oxygens (including phenoxy) is 3. The van der Waals surface area contributed by atoms with Crippen molar-refractivity contribution < 1.29 is 28.3 Å². The van der Waals surface area contributed by atoms with Gasteiger partial charge in [0.05, 0.1) is 37.5 Å². The van der Waals surface area contributed by atoms with Crippen LogP contribution in [0.1, 0.15) is 26.3 Å². The minimum Gasteiger partial charge on any atom is -0.497 e. The zero-order valence-electron chi connectivity index (χ0n) is 21.7. The molecule has 12 heteroatoms. The summed E-state index contributed by atoms with van der Waals surface area (Å²) >= 11 is 0. The first-order chi connectivity index (χ1) is 18.1. The third-order valence-corrected chi connectivity index (χ3v) is 5.84. The number of amides is 1. The van der Waals surface area contributed by atoms with Crippen molar-refractivity contribution in [3.8, 4) is 17.0 Å². The van der Waals surface area contributed by atoms with E-state index in [1.165, 1.54) is 10.7 Å². The SMILES string of the molecule is COc1ccc(Cn2ncc([N+](=O)[O-])c2-c2cc(N3CCOCC3)cc(F)c2NC(=O)OC(C)(C)C)cc1. The van der Waals surface area contributed by atoms with Gasteiger partial charge < -0.3 is 19.1 Å². The summed E-state index contributed by atoms with van der Waals surface area (Å²) in [5, 5.41) is 18.8. The van der Waals surface area contributed by atoms with Gasteiger partial charge in [0.2, 0.25) is 0 Å². The van der Waals surface area contributed by atoms with E-state index < -0.39 is 22.4 Å². The fourth-order valence-electron chi connectivity index (χ4n) is 4.13. The highest BCUT2D eigenvalue weighted by Gasteiger charge is 2.29. The summed E-state index contributed by atoms with van der Waals surface area (Å²) in [7, 11) is 1.55. The second kappa shape index (κ2) is 11.1. The molecule has 2 aromatic carbocycles. The Morgan fingerprint density at radius 1 is 1.21 bits per heavy atom. The molecule has 38 heavy (non-hydrogen) atoms. The predicted molar refractivity (Wildman–Crippen MR) is 139 cm³/mol. The number of methoxy groups -OCH3 is 1. The van der Waals surface area contributed by atoms with Gasteiger partial charge in [-0.3, -0.25) is 20.1 Å². The Labute approximate surface area is 219 Å². The van der Waals surface area contributed by atoms with Gasteiger partial charge in [-0.15, -0.1) is 0 Å². The standard InChI is InChI=1S/C26H30FN5O6/c1-26(2,3)38-25(33)29-23-20(13-18(14-21(23)27)30-9-11-37-12-10-30)24-22(32(34)35)15-28-31(24)16-17-5-7-19(36-4)8-6-17/h5-8,13-15H,9-12,16H2,1-4H3,(H,29,33). The van der Waals surface area contributed by atoms with Crippen molar-refractivity contribution in [3.05, 3.63) is 64.1 Å². The van der Waals surface area contributed by atoms with E-state index in [2.05, 4.69) is 10.4 Å².